The molecule has 120 valence electrons. The van der Waals surface area contributed by atoms with Gasteiger partial charge in [-0.15, -0.1) is 0 Å². The van der Waals surface area contributed by atoms with Gasteiger partial charge in [-0.1, -0.05) is 23.4 Å². The van der Waals surface area contributed by atoms with E-state index < -0.39 is 6.04 Å². The van der Waals surface area contributed by atoms with E-state index in [2.05, 4.69) is 10.5 Å². The maximum Gasteiger partial charge on any atom is 0.254 e. The van der Waals surface area contributed by atoms with Crippen molar-refractivity contribution in [2.75, 3.05) is 11.9 Å². The lowest BCUT2D eigenvalue weighted by Crippen LogP contribution is -2.43. The Morgan fingerprint density at radius 3 is 2.78 bits per heavy atom. The first-order valence-electron chi connectivity index (χ1n) is 7.67. The molecule has 0 bridgehead atoms. The van der Waals surface area contributed by atoms with Crippen molar-refractivity contribution in [3.05, 3.63) is 47.2 Å². The van der Waals surface area contributed by atoms with Gasteiger partial charge in [-0.05, 0) is 38.3 Å². The van der Waals surface area contributed by atoms with Crippen LogP contribution in [0.5, 0.6) is 0 Å². The fraction of sp³-hybridized carbons (Fsp3) is 0.353. The topological polar surface area (TPSA) is 75.4 Å². The fourth-order valence-corrected chi connectivity index (χ4v) is 2.88. The van der Waals surface area contributed by atoms with Gasteiger partial charge in [0.05, 0.1) is 0 Å². The van der Waals surface area contributed by atoms with Crippen LogP contribution in [-0.4, -0.2) is 34.5 Å². The molecule has 0 unspecified atom stereocenters. The Morgan fingerprint density at radius 1 is 1.30 bits per heavy atom. The van der Waals surface area contributed by atoms with E-state index in [-0.39, 0.29) is 11.8 Å². The molecule has 2 aromatic rings. The molecular weight excluding hydrogens is 294 g/mol. The van der Waals surface area contributed by atoms with E-state index in [4.69, 9.17) is 4.52 Å². The van der Waals surface area contributed by atoms with E-state index in [0.717, 1.165) is 12.0 Å². The molecule has 1 atom stereocenters. The van der Waals surface area contributed by atoms with Crippen molar-refractivity contribution >= 4 is 17.6 Å². The van der Waals surface area contributed by atoms with E-state index in [1.54, 1.807) is 24.0 Å². The normalized spacial score (nSPS) is 17.3. The minimum absolute atomic E-state index is 0.0999. The van der Waals surface area contributed by atoms with E-state index in [1.807, 2.05) is 25.1 Å². The molecule has 1 aromatic carbocycles. The fourth-order valence-electron chi connectivity index (χ4n) is 2.88. The number of nitrogens with one attached hydrogen (secondary N) is 1. The largest absolute Gasteiger partial charge is 0.360 e. The smallest absolute Gasteiger partial charge is 0.254 e. The molecule has 1 saturated heterocycles. The molecular formula is C17H19N3O3. The molecule has 2 heterocycles. The number of aryl methyl sites for hydroxylation is 2. The van der Waals surface area contributed by atoms with Gasteiger partial charge in [0.25, 0.3) is 5.91 Å². The summed E-state index contributed by atoms with van der Waals surface area (Å²) in [6.45, 7) is 4.24. The Hall–Kier alpha value is -2.63. The molecule has 0 saturated carbocycles. The third-order valence-corrected chi connectivity index (χ3v) is 4.07. The first-order valence-corrected chi connectivity index (χ1v) is 7.67. The second kappa shape index (κ2) is 6.24. The number of rotatable bonds is 3. The van der Waals surface area contributed by atoms with Gasteiger partial charge in [-0.3, -0.25) is 9.59 Å². The van der Waals surface area contributed by atoms with E-state index >= 15 is 0 Å². The highest BCUT2D eigenvalue weighted by atomic mass is 16.5. The van der Waals surface area contributed by atoms with E-state index in [1.165, 1.54) is 0 Å². The van der Waals surface area contributed by atoms with Crippen molar-refractivity contribution < 1.29 is 14.1 Å². The SMILES string of the molecule is Cc1cc(NC(=O)[C@H]2CCCN2C(=O)c2ccccc2C)no1. The summed E-state index contributed by atoms with van der Waals surface area (Å²) in [6, 6.07) is 8.61. The van der Waals surface area contributed by atoms with Gasteiger partial charge >= 0.3 is 0 Å². The number of nitrogens with zero attached hydrogens (tertiary/aromatic N) is 2. The van der Waals surface area contributed by atoms with Gasteiger partial charge < -0.3 is 14.7 Å². The van der Waals surface area contributed by atoms with Gasteiger partial charge in [0, 0.05) is 18.2 Å². The number of aromatic nitrogens is 1. The molecule has 23 heavy (non-hydrogen) atoms. The van der Waals surface area contributed by atoms with Gasteiger partial charge in [-0.2, -0.15) is 0 Å². The second-order valence-corrected chi connectivity index (χ2v) is 5.78. The number of carbonyl (C=O) groups is 2. The maximum atomic E-state index is 12.8. The van der Waals surface area contributed by atoms with E-state index in [0.29, 0.717) is 30.1 Å². The van der Waals surface area contributed by atoms with Crippen LogP contribution in [0, 0.1) is 13.8 Å². The minimum Gasteiger partial charge on any atom is -0.360 e. The molecule has 6 nitrogen and oxygen atoms in total. The first kappa shape index (κ1) is 15.3. The average Bonchev–Trinajstić information content (AvgIpc) is 3.16. The molecule has 0 radical (unpaired) electrons. The Kier molecular flexibility index (Phi) is 4.14. The highest BCUT2D eigenvalue weighted by Crippen LogP contribution is 2.23. The van der Waals surface area contributed by atoms with Crippen molar-refractivity contribution in [1.29, 1.82) is 0 Å². The van der Waals surface area contributed by atoms with Crippen LogP contribution >= 0.6 is 0 Å². The molecule has 0 aliphatic carbocycles. The summed E-state index contributed by atoms with van der Waals surface area (Å²) in [5.74, 6) is 0.678. The number of hydrogen-bond acceptors (Lipinski definition) is 4. The second-order valence-electron chi connectivity index (χ2n) is 5.78. The summed E-state index contributed by atoms with van der Waals surface area (Å²) < 4.78 is 4.94. The molecule has 3 rings (SSSR count). The molecule has 1 N–H and O–H groups in total. The van der Waals surface area contributed by atoms with Crippen molar-refractivity contribution in [3.63, 3.8) is 0 Å². The van der Waals surface area contributed by atoms with Crippen molar-refractivity contribution in [1.82, 2.24) is 10.1 Å². The van der Waals surface area contributed by atoms with Crippen LogP contribution in [0.3, 0.4) is 0 Å². The summed E-state index contributed by atoms with van der Waals surface area (Å²) in [4.78, 5) is 26.9. The predicted octanol–water partition coefficient (Wildman–Crippen LogP) is 2.53. The first-order chi connectivity index (χ1) is 11.1. The third kappa shape index (κ3) is 3.11. The summed E-state index contributed by atoms with van der Waals surface area (Å²) >= 11 is 0. The molecule has 1 aliphatic rings. The van der Waals surface area contributed by atoms with E-state index in [9.17, 15) is 9.59 Å². The highest BCUT2D eigenvalue weighted by Gasteiger charge is 2.35. The van der Waals surface area contributed by atoms with Gasteiger partial charge in [0.15, 0.2) is 5.82 Å². The number of benzene rings is 1. The predicted molar refractivity (Wildman–Crippen MR) is 85.1 cm³/mol. The summed E-state index contributed by atoms with van der Waals surface area (Å²) in [6.07, 6.45) is 1.47. The van der Waals surface area contributed by atoms with Gasteiger partial charge in [0.2, 0.25) is 5.91 Å². The van der Waals surface area contributed by atoms with Crippen LogP contribution < -0.4 is 5.32 Å². The van der Waals surface area contributed by atoms with Gasteiger partial charge in [-0.25, -0.2) is 0 Å². The summed E-state index contributed by atoms with van der Waals surface area (Å²) in [5, 5.41) is 6.48. The van der Waals surface area contributed by atoms with Crippen LogP contribution in [0.4, 0.5) is 5.82 Å². The summed E-state index contributed by atoms with van der Waals surface area (Å²) in [5.41, 5.74) is 1.56. The van der Waals surface area contributed by atoms with Crippen molar-refractivity contribution in [2.24, 2.45) is 0 Å². The van der Waals surface area contributed by atoms with Crippen LogP contribution in [-0.2, 0) is 4.79 Å². The zero-order valence-corrected chi connectivity index (χ0v) is 13.2. The Morgan fingerprint density at radius 2 is 2.09 bits per heavy atom. The molecule has 1 fully saturated rings. The average molecular weight is 313 g/mol. The molecule has 2 amide bonds. The summed E-state index contributed by atoms with van der Waals surface area (Å²) in [7, 11) is 0. The number of likely N-dealkylation sites (tertiary alicyclic amines) is 1. The van der Waals surface area contributed by atoms with Crippen molar-refractivity contribution in [3.8, 4) is 0 Å². The number of anilines is 1. The monoisotopic (exact) mass is 313 g/mol. The van der Waals surface area contributed by atoms with Crippen LogP contribution in [0.15, 0.2) is 34.9 Å². The standard InChI is InChI=1S/C17H19N3O3/c1-11-6-3-4-7-13(11)17(22)20-9-5-8-14(20)16(21)18-15-10-12(2)23-19-15/h3-4,6-7,10,14H,5,8-9H2,1-2H3,(H,18,19,21)/t14-/m1/s1. The Bertz CT molecular complexity index is 738. The van der Waals surface area contributed by atoms with Gasteiger partial charge in [0.1, 0.15) is 11.8 Å². The zero-order chi connectivity index (χ0) is 16.4. The lowest BCUT2D eigenvalue weighted by Gasteiger charge is -2.24. The van der Waals surface area contributed by atoms with Crippen molar-refractivity contribution in [2.45, 2.75) is 32.7 Å². The highest BCUT2D eigenvalue weighted by molar-refractivity contribution is 6.01. The lowest BCUT2D eigenvalue weighted by atomic mass is 10.1. The Labute approximate surface area is 134 Å². The number of carbonyl (C=O) groups excluding carboxylic acids is 2. The maximum absolute atomic E-state index is 12.8. The number of amides is 2. The Balaban J connectivity index is 1.76. The molecule has 1 aromatic heterocycles. The molecule has 0 spiro atoms. The lowest BCUT2D eigenvalue weighted by molar-refractivity contribution is -0.119. The van der Waals surface area contributed by atoms with Crippen LogP contribution in [0.1, 0.15) is 34.5 Å². The third-order valence-electron chi connectivity index (χ3n) is 4.07. The quantitative estimate of drug-likeness (QED) is 0.945. The van der Waals surface area contributed by atoms with Crippen LogP contribution in [0.25, 0.3) is 0 Å². The minimum atomic E-state index is -0.473. The molecule has 6 heteroatoms. The molecule has 1 aliphatic heterocycles. The zero-order valence-electron chi connectivity index (χ0n) is 13.2. The van der Waals surface area contributed by atoms with Crippen LogP contribution in [0.2, 0.25) is 0 Å². The number of hydrogen-bond donors (Lipinski definition) is 1.